The van der Waals surface area contributed by atoms with E-state index in [0.29, 0.717) is 24.7 Å². The molecule has 2 aromatic rings. The molecule has 6 nitrogen and oxygen atoms in total. The molecule has 3 rings (SSSR count). The number of carbonyl (C=O) groups excluding carboxylic acids is 1. The van der Waals surface area contributed by atoms with Crippen molar-refractivity contribution in [2.24, 2.45) is 0 Å². The van der Waals surface area contributed by atoms with Gasteiger partial charge in [-0.1, -0.05) is 11.6 Å². The van der Waals surface area contributed by atoms with E-state index in [9.17, 15) is 4.79 Å². The first-order valence-electron chi connectivity index (χ1n) is 8.90. The van der Waals surface area contributed by atoms with E-state index in [1.54, 1.807) is 30.5 Å². The summed E-state index contributed by atoms with van der Waals surface area (Å²) in [6, 6.07) is 10.8. The third-order valence-electron chi connectivity index (χ3n) is 4.38. The van der Waals surface area contributed by atoms with E-state index in [1.807, 2.05) is 12.1 Å². The third kappa shape index (κ3) is 5.41. The Hall–Kier alpha value is -2.18. The monoisotopic (exact) mass is 377 g/mol. The summed E-state index contributed by atoms with van der Waals surface area (Å²) in [6.07, 6.45) is 4.05. The molecule has 0 bridgehead atoms. The highest BCUT2D eigenvalue weighted by atomic mass is 35.5. The van der Waals surface area contributed by atoms with Crippen molar-refractivity contribution in [1.29, 1.82) is 0 Å². The van der Waals surface area contributed by atoms with Gasteiger partial charge in [0.15, 0.2) is 0 Å². The minimum absolute atomic E-state index is 0.0727. The summed E-state index contributed by atoms with van der Waals surface area (Å²) < 4.78 is 11.1. The van der Waals surface area contributed by atoms with Crippen LogP contribution in [0.1, 0.15) is 24.6 Å². The molecule has 1 fully saturated rings. The van der Waals surface area contributed by atoms with Crippen LogP contribution in [-0.4, -0.2) is 43.7 Å². The molecule has 0 spiro atoms. The van der Waals surface area contributed by atoms with Gasteiger partial charge < -0.3 is 19.8 Å². The topological polar surface area (TPSA) is 66.7 Å². The van der Waals surface area contributed by atoms with Gasteiger partial charge in [-0.25, -0.2) is 4.79 Å². The normalized spacial score (nSPS) is 15.6. The number of hydrogen-bond acceptors (Lipinski definition) is 4. The van der Waals surface area contributed by atoms with Crippen LogP contribution in [0.2, 0.25) is 5.02 Å². The first-order chi connectivity index (χ1) is 12.7. The smallest absolute Gasteiger partial charge is 0.314 e. The van der Waals surface area contributed by atoms with Crippen molar-refractivity contribution in [2.45, 2.75) is 18.9 Å². The highest BCUT2D eigenvalue weighted by Gasteiger charge is 2.25. The predicted molar refractivity (Wildman–Crippen MR) is 101 cm³/mol. The van der Waals surface area contributed by atoms with Crippen LogP contribution in [0, 0.1) is 0 Å². The second-order valence-corrected chi connectivity index (χ2v) is 6.65. The largest absolute Gasteiger partial charge is 0.492 e. The number of nitrogens with zero attached hydrogens (tertiary/aromatic N) is 1. The number of amides is 2. The van der Waals surface area contributed by atoms with Crippen molar-refractivity contribution in [2.75, 3.05) is 32.8 Å². The number of urea groups is 1. The molecule has 1 aromatic carbocycles. The van der Waals surface area contributed by atoms with E-state index in [4.69, 9.17) is 20.8 Å². The van der Waals surface area contributed by atoms with Gasteiger partial charge in [0.25, 0.3) is 0 Å². The maximum Gasteiger partial charge on any atom is 0.314 e. The van der Waals surface area contributed by atoms with Crippen LogP contribution in [0.4, 0.5) is 4.79 Å². The number of hydrogen-bond donors (Lipinski definition) is 2. The van der Waals surface area contributed by atoms with Crippen molar-refractivity contribution < 1.29 is 13.9 Å². The van der Waals surface area contributed by atoms with Crippen LogP contribution in [0.5, 0.6) is 5.75 Å². The van der Waals surface area contributed by atoms with Gasteiger partial charge in [-0.15, -0.1) is 0 Å². The number of benzene rings is 1. The fraction of sp³-hybridized carbons (Fsp3) is 0.421. The first kappa shape index (κ1) is 18.6. The lowest BCUT2D eigenvalue weighted by Crippen LogP contribution is -2.42. The van der Waals surface area contributed by atoms with E-state index < -0.39 is 0 Å². The van der Waals surface area contributed by atoms with Crippen molar-refractivity contribution in [3.63, 3.8) is 0 Å². The molecule has 2 amide bonds. The lowest BCUT2D eigenvalue weighted by molar-refractivity contribution is 0.202. The number of carbonyl (C=O) groups is 1. The number of ether oxygens (including phenoxy) is 1. The first-order valence-corrected chi connectivity index (χ1v) is 9.28. The second kappa shape index (κ2) is 9.50. The minimum atomic E-state index is -0.208. The summed E-state index contributed by atoms with van der Waals surface area (Å²) in [7, 11) is 0. The van der Waals surface area contributed by atoms with Crippen LogP contribution in [0.15, 0.2) is 47.1 Å². The average Bonchev–Trinajstić information content (AvgIpc) is 3.35. The second-order valence-electron chi connectivity index (χ2n) is 6.21. The molecule has 1 aliphatic rings. The van der Waals surface area contributed by atoms with E-state index in [0.717, 1.165) is 24.6 Å². The van der Waals surface area contributed by atoms with Crippen LogP contribution in [-0.2, 0) is 0 Å². The lowest BCUT2D eigenvalue weighted by atomic mass is 10.2. The quantitative estimate of drug-likeness (QED) is 0.691. The Balaban J connectivity index is 1.38. The van der Waals surface area contributed by atoms with Crippen LogP contribution >= 0.6 is 11.6 Å². The Morgan fingerprint density at radius 2 is 1.96 bits per heavy atom. The Morgan fingerprint density at radius 1 is 1.19 bits per heavy atom. The van der Waals surface area contributed by atoms with Gasteiger partial charge in [0.05, 0.1) is 18.8 Å². The molecule has 0 aliphatic carbocycles. The maximum absolute atomic E-state index is 12.0. The molecule has 2 N–H and O–H groups in total. The Labute approximate surface area is 158 Å². The number of furan rings is 1. The Bertz CT molecular complexity index is 670. The number of rotatable bonds is 8. The van der Waals surface area contributed by atoms with E-state index in [-0.39, 0.29) is 12.1 Å². The van der Waals surface area contributed by atoms with Crippen LogP contribution in [0.25, 0.3) is 0 Å². The molecule has 0 saturated carbocycles. The standard InChI is InChI=1S/C19H24ClN3O3/c20-15-5-7-16(8-6-15)25-13-9-21-19(24)22-14-17(18-4-3-12-26-18)23-10-1-2-11-23/h3-8,12,17H,1-2,9-11,13-14H2,(H2,21,22,24). The Kier molecular flexibility index (Phi) is 6.80. The molecule has 1 unspecified atom stereocenters. The summed E-state index contributed by atoms with van der Waals surface area (Å²) in [6.45, 7) is 3.39. The van der Waals surface area contributed by atoms with Gasteiger partial charge in [-0.2, -0.15) is 0 Å². The molecule has 7 heteroatoms. The number of halogens is 1. The summed E-state index contributed by atoms with van der Waals surface area (Å²) >= 11 is 5.83. The fourth-order valence-electron chi connectivity index (χ4n) is 3.06. The molecule has 1 aliphatic heterocycles. The summed E-state index contributed by atoms with van der Waals surface area (Å²) in [5.41, 5.74) is 0. The van der Waals surface area contributed by atoms with Gasteiger partial charge >= 0.3 is 6.03 Å². The zero-order valence-corrected chi connectivity index (χ0v) is 15.4. The maximum atomic E-state index is 12.0. The average molecular weight is 378 g/mol. The number of nitrogens with one attached hydrogen (secondary N) is 2. The fourth-order valence-corrected chi connectivity index (χ4v) is 3.19. The van der Waals surface area contributed by atoms with Gasteiger partial charge in [-0.3, -0.25) is 4.90 Å². The zero-order valence-electron chi connectivity index (χ0n) is 14.6. The van der Waals surface area contributed by atoms with Crippen molar-refractivity contribution in [1.82, 2.24) is 15.5 Å². The van der Waals surface area contributed by atoms with E-state index in [2.05, 4.69) is 15.5 Å². The molecular formula is C19H24ClN3O3. The van der Waals surface area contributed by atoms with Gasteiger partial charge in [0.1, 0.15) is 18.1 Å². The highest BCUT2D eigenvalue weighted by Crippen LogP contribution is 2.24. The molecule has 2 heterocycles. The van der Waals surface area contributed by atoms with Gasteiger partial charge in [0.2, 0.25) is 0 Å². The van der Waals surface area contributed by atoms with Crippen LogP contribution in [0.3, 0.4) is 0 Å². The summed E-state index contributed by atoms with van der Waals surface area (Å²) in [4.78, 5) is 14.4. The predicted octanol–water partition coefficient (Wildman–Crippen LogP) is 3.45. The van der Waals surface area contributed by atoms with E-state index in [1.165, 1.54) is 12.8 Å². The molecular weight excluding hydrogens is 354 g/mol. The Morgan fingerprint density at radius 3 is 2.65 bits per heavy atom. The highest BCUT2D eigenvalue weighted by molar-refractivity contribution is 6.30. The number of likely N-dealkylation sites (tertiary alicyclic amines) is 1. The van der Waals surface area contributed by atoms with E-state index >= 15 is 0 Å². The SMILES string of the molecule is O=C(NCCOc1ccc(Cl)cc1)NCC(c1ccco1)N1CCCC1. The molecule has 1 saturated heterocycles. The van der Waals surface area contributed by atoms with Crippen LogP contribution < -0.4 is 15.4 Å². The molecule has 1 aromatic heterocycles. The summed E-state index contributed by atoms with van der Waals surface area (Å²) in [5.74, 6) is 1.61. The van der Waals surface area contributed by atoms with Gasteiger partial charge in [0, 0.05) is 11.6 Å². The summed E-state index contributed by atoms with van der Waals surface area (Å²) in [5, 5.41) is 6.40. The lowest BCUT2D eigenvalue weighted by Gasteiger charge is -2.26. The minimum Gasteiger partial charge on any atom is -0.492 e. The molecule has 0 radical (unpaired) electrons. The molecule has 26 heavy (non-hydrogen) atoms. The van der Waals surface area contributed by atoms with Crippen molar-refractivity contribution >= 4 is 17.6 Å². The van der Waals surface area contributed by atoms with Crippen molar-refractivity contribution in [3.8, 4) is 5.75 Å². The zero-order chi connectivity index (χ0) is 18.2. The molecule has 140 valence electrons. The molecule has 1 atom stereocenters. The third-order valence-corrected chi connectivity index (χ3v) is 4.63. The van der Waals surface area contributed by atoms with Crippen molar-refractivity contribution in [3.05, 3.63) is 53.4 Å². The van der Waals surface area contributed by atoms with Gasteiger partial charge in [-0.05, 0) is 62.3 Å².